The summed E-state index contributed by atoms with van der Waals surface area (Å²) < 4.78 is 11.0. The van der Waals surface area contributed by atoms with E-state index in [1.165, 1.54) is 32.1 Å². The van der Waals surface area contributed by atoms with E-state index in [2.05, 4.69) is 17.1 Å². The molecule has 2 heterocycles. The second kappa shape index (κ2) is 4.77. The molecule has 0 bridgehead atoms. The Labute approximate surface area is 102 Å². The molecule has 1 aliphatic heterocycles. The molecule has 94 valence electrons. The molecule has 4 nitrogen and oxygen atoms in total. The fourth-order valence-corrected chi connectivity index (χ4v) is 2.90. The van der Waals surface area contributed by atoms with Gasteiger partial charge in [0.2, 0.25) is 0 Å². The topological polar surface area (TPSA) is 48.2 Å². The van der Waals surface area contributed by atoms with Gasteiger partial charge in [0, 0.05) is 12.5 Å². The first-order valence-electron chi connectivity index (χ1n) is 6.79. The summed E-state index contributed by atoms with van der Waals surface area (Å²) in [7, 11) is 0. The van der Waals surface area contributed by atoms with Crippen LogP contribution in [0.25, 0.3) is 0 Å². The van der Waals surface area contributed by atoms with Crippen molar-refractivity contribution in [3.63, 3.8) is 0 Å². The predicted octanol–water partition coefficient (Wildman–Crippen LogP) is 3.21. The maximum Gasteiger partial charge on any atom is 0.256 e. The molecule has 0 amide bonds. The third-order valence-electron chi connectivity index (χ3n) is 4.06. The lowest BCUT2D eigenvalue weighted by atomic mass is 9.89. The summed E-state index contributed by atoms with van der Waals surface area (Å²) in [6, 6.07) is 0. The Morgan fingerprint density at radius 3 is 2.65 bits per heavy atom. The standard InChI is InChI=1S/C13H20N2O2/c1-9-7-8-16-11(9)13-14-12(15-17-13)10-5-3-2-4-6-10/h9-11H,2-8H2,1H3/t9-,11-/m1/s1. The molecule has 1 aromatic rings. The molecular weight excluding hydrogens is 216 g/mol. The van der Waals surface area contributed by atoms with Crippen molar-refractivity contribution in [2.75, 3.05) is 6.61 Å². The Kier molecular flexibility index (Phi) is 3.14. The molecule has 17 heavy (non-hydrogen) atoms. The predicted molar refractivity (Wildman–Crippen MR) is 62.6 cm³/mol. The molecule has 1 saturated heterocycles. The van der Waals surface area contributed by atoms with Crippen molar-refractivity contribution in [3.8, 4) is 0 Å². The van der Waals surface area contributed by atoms with Gasteiger partial charge in [0.05, 0.1) is 0 Å². The van der Waals surface area contributed by atoms with Crippen LogP contribution in [0.5, 0.6) is 0 Å². The lowest BCUT2D eigenvalue weighted by molar-refractivity contribution is 0.0661. The van der Waals surface area contributed by atoms with Crippen molar-refractivity contribution in [1.82, 2.24) is 10.1 Å². The average Bonchev–Trinajstić information content (AvgIpc) is 2.98. The van der Waals surface area contributed by atoms with E-state index < -0.39 is 0 Å². The fraction of sp³-hybridized carbons (Fsp3) is 0.846. The Balaban J connectivity index is 1.73. The molecule has 0 unspecified atom stereocenters. The monoisotopic (exact) mass is 236 g/mol. The lowest BCUT2D eigenvalue weighted by Gasteiger charge is -2.17. The highest BCUT2D eigenvalue weighted by atomic mass is 16.5. The van der Waals surface area contributed by atoms with Crippen LogP contribution in [-0.2, 0) is 4.74 Å². The van der Waals surface area contributed by atoms with Crippen LogP contribution in [0.1, 0.15) is 69.2 Å². The minimum Gasteiger partial charge on any atom is -0.368 e. The van der Waals surface area contributed by atoms with Crippen molar-refractivity contribution < 1.29 is 9.26 Å². The second-order valence-electron chi connectivity index (χ2n) is 5.38. The van der Waals surface area contributed by atoms with Gasteiger partial charge in [-0.2, -0.15) is 4.98 Å². The van der Waals surface area contributed by atoms with E-state index in [0.717, 1.165) is 18.9 Å². The van der Waals surface area contributed by atoms with Crippen molar-refractivity contribution in [3.05, 3.63) is 11.7 Å². The van der Waals surface area contributed by atoms with Gasteiger partial charge in [-0.25, -0.2) is 0 Å². The van der Waals surface area contributed by atoms with Gasteiger partial charge in [0.1, 0.15) is 6.10 Å². The van der Waals surface area contributed by atoms with Crippen LogP contribution in [0, 0.1) is 5.92 Å². The SMILES string of the molecule is C[C@@H]1CCO[C@H]1c1nc(C2CCCCC2)no1. The molecule has 0 radical (unpaired) electrons. The van der Waals surface area contributed by atoms with Crippen LogP contribution in [0.2, 0.25) is 0 Å². The molecule has 0 aromatic carbocycles. The minimum atomic E-state index is 0.0276. The van der Waals surface area contributed by atoms with Gasteiger partial charge in [0.25, 0.3) is 5.89 Å². The quantitative estimate of drug-likeness (QED) is 0.791. The Bertz CT molecular complexity index is 371. The molecule has 4 heteroatoms. The zero-order valence-electron chi connectivity index (χ0n) is 10.4. The van der Waals surface area contributed by atoms with Crippen LogP contribution in [0.4, 0.5) is 0 Å². The summed E-state index contributed by atoms with van der Waals surface area (Å²) in [4.78, 5) is 4.56. The van der Waals surface area contributed by atoms with E-state index in [0.29, 0.717) is 17.7 Å². The average molecular weight is 236 g/mol. The van der Waals surface area contributed by atoms with Crippen molar-refractivity contribution >= 4 is 0 Å². The first-order chi connectivity index (χ1) is 8.34. The maximum atomic E-state index is 5.66. The zero-order chi connectivity index (χ0) is 11.7. The van der Waals surface area contributed by atoms with Gasteiger partial charge in [-0.15, -0.1) is 0 Å². The number of hydrogen-bond donors (Lipinski definition) is 0. The zero-order valence-corrected chi connectivity index (χ0v) is 10.4. The highest BCUT2D eigenvalue weighted by Crippen LogP contribution is 2.35. The summed E-state index contributed by atoms with van der Waals surface area (Å²) in [5.41, 5.74) is 0. The van der Waals surface area contributed by atoms with E-state index >= 15 is 0 Å². The van der Waals surface area contributed by atoms with Gasteiger partial charge in [-0.05, 0) is 25.2 Å². The van der Waals surface area contributed by atoms with Gasteiger partial charge in [-0.1, -0.05) is 31.3 Å². The minimum absolute atomic E-state index is 0.0276. The van der Waals surface area contributed by atoms with Crippen molar-refractivity contribution in [2.24, 2.45) is 5.92 Å². The third-order valence-corrected chi connectivity index (χ3v) is 4.06. The summed E-state index contributed by atoms with van der Waals surface area (Å²) >= 11 is 0. The van der Waals surface area contributed by atoms with E-state index in [9.17, 15) is 0 Å². The molecule has 1 aliphatic carbocycles. The summed E-state index contributed by atoms with van der Waals surface area (Å²) in [5, 5.41) is 4.15. The van der Waals surface area contributed by atoms with E-state index in [4.69, 9.17) is 9.26 Å². The number of rotatable bonds is 2. The van der Waals surface area contributed by atoms with Crippen LogP contribution in [-0.4, -0.2) is 16.7 Å². The van der Waals surface area contributed by atoms with Crippen molar-refractivity contribution in [2.45, 2.75) is 57.5 Å². The first kappa shape index (κ1) is 11.2. The van der Waals surface area contributed by atoms with Crippen LogP contribution >= 0.6 is 0 Å². The van der Waals surface area contributed by atoms with Gasteiger partial charge >= 0.3 is 0 Å². The highest BCUT2D eigenvalue weighted by molar-refractivity contribution is 5.00. The second-order valence-corrected chi connectivity index (χ2v) is 5.38. The smallest absolute Gasteiger partial charge is 0.256 e. The molecule has 0 spiro atoms. The molecule has 2 fully saturated rings. The first-order valence-corrected chi connectivity index (χ1v) is 6.79. The summed E-state index contributed by atoms with van der Waals surface area (Å²) in [6.07, 6.45) is 7.48. The van der Waals surface area contributed by atoms with Gasteiger partial charge < -0.3 is 9.26 Å². The van der Waals surface area contributed by atoms with Crippen molar-refractivity contribution in [1.29, 1.82) is 0 Å². The fourth-order valence-electron chi connectivity index (χ4n) is 2.90. The number of ether oxygens (including phenoxy) is 1. The van der Waals surface area contributed by atoms with E-state index in [1.54, 1.807) is 0 Å². The van der Waals surface area contributed by atoms with Crippen LogP contribution in [0.15, 0.2) is 4.52 Å². The lowest BCUT2D eigenvalue weighted by Crippen LogP contribution is -2.08. The highest BCUT2D eigenvalue weighted by Gasteiger charge is 2.32. The van der Waals surface area contributed by atoms with Crippen LogP contribution < -0.4 is 0 Å². The Morgan fingerprint density at radius 2 is 1.94 bits per heavy atom. The normalized spacial score (nSPS) is 30.9. The Hall–Kier alpha value is -0.900. The summed E-state index contributed by atoms with van der Waals surface area (Å²) in [6.45, 7) is 3.00. The van der Waals surface area contributed by atoms with Crippen LogP contribution in [0.3, 0.4) is 0 Å². The largest absolute Gasteiger partial charge is 0.368 e. The maximum absolute atomic E-state index is 5.66. The molecule has 1 aromatic heterocycles. The van der Waals surface area contributed by atoms with E-state index in [-0.39, 0.29) is 6.10 Å². The van der Waals surface area contributed by atoms with Gasteiger partial charge in [-0.3, -0.25) is 0 Å². The Morgan fingerprint density at radius 1 is 1.12 bits per heavy atom. The van der Waals surface area contributed by atoms with Gasteiger partial charge in [0.15, 0.2) is 5.82 Å². The van der Waals surface area contributed by atoms with E-state index in [1.807, 2.05) is 0 Å². The molecule has 3 rings (SSSR count). The number of hydrogen-bond acceptors (Lipinski definition) is 4. The number of aromatic nitrogens is 2. The third kappa shape index (κ3) is 2.23. The molecule has 2 atom stereocenters. The molecular formula is C13H20N2O2. The molecule has 1 saturated carbocycles. The molecule has 2 aliphatic rings. The number of nitrogens with zero attached hydrogens (tertiary/aromatic N) is 2. The summed E-state index contributed by atoms with van der Waals surface area (Å²) in [5.74, 6) is 2.60. The molecule has 0 N–H and O–H groups in total.